The van der Waals surface area contributed by atoms with E-state index in [9.17, 15) is 4.79 Å². The van der Waals surface area contributed by atoms with Crippen LogP contribution < -0.4 is 11.1 Å². The van der Waals surface area contributed by atoms with Gasteiger partial charge in [0.2, 0.25) is 5.91 Å². The van der Waals surface area contributed by atoms with Gasteiger partial charge < -0.3 is 11.1 Å². The van der Waals surface area contributed by atoms with Gasteiger partial charge in [-0.15, -0.1) is 0 Å². The summed E-state index contributed by atoms with van der Waals surface area (Å²) < 4.78 is 0. The summed E-state index contributed by atoms with van der Waals surface area (Å²) in [6.45, 7) is 11.5. The summed E-state index contributed by atoms with van der Waals surface area (Å²) in [5.41, 5.74) is 5.97. The number of nitrogens with two attached hydrogens (primary N) is 1. The van der Waals surface area contributed by atoms with Gasteiger partial charge >= 0.3 is 0 Å². The Kier molecular flexibility index (Phi) is 6.27. The van der Waals surface area contributed by atoms with E-state index in [0.717, 1.165) is 19.5 Å². The van der Waals surface area contributed by atoms with Crippen LogP contribution in [-0.2, 0) is 4.79 Å². The van der Waals surface area contributed by atoms with Crippen molar-refractivity contribution in [1.82, 2.24) is 10.2 Å². The summed E-state index contributed by atoms with van der Waals surface area (Å²) in [5.74, 6) is 0.220. The summed E-state index contributed by atoms with van der Waals surface area (Å²) in [6, 6.07) is -0.387. The highest BCUT2D eigenvalue weighted by Crippen LogP contribution is 2.19. The van der Waals surface area contributed by atoms with Crippen molar-refractivity contribution in [2.24, 2.45) is 11.7 Å². The second-order valence-corrected chi connectivity index (χ2v) is 6.49. The van der Waals surface area contributed by atoms with E-state index >= 15 is 0 Å². The third-order valence-corrected chi connectivity index (χ3v) is 4.47. The van der Waals surface area contributed by atoms with Crippen LogP contribution in [0.5, 0.6) is 0 Å². The van der Waals surface area contributed by atoms with Crippen LogP contribution in [0.1, 0.15) is 53.4 Å². The Morgan fingerprint density at radius 1 is 1.32 bits per heavy atom. The van der Waals surface area contributed by atoms with Crippen LogP contribution in [0.15, 0.2) is 0 Å². The molecule has 0 aromatic carbocycles. The van der Waals surface area contributed by atoms with E-state index in [-0.39, 0.29) is 23.4 Å². The first kappa shape index (κ1) is 16.4. The molecule has 112 valence electrons. The van der Waals surface area contributed by atoms with Crippen LogP contribution >= 0.6 is 0 Å². The Labute approximate surface area is 118 Å². The number of nitrogens with zero attached hydrogens (tertiary/aromatic N) is 1. The number of piperidine rings is 1. The first-order chi connectivity index (χ1) is 8.88. The fourth-order valence-electron chi connectivity index (χ4n) is 2.54. The predicted molar refractivity (Wildman–Crippen MR) is 79.9 cm³/mol. The van der Waals surface area contributed by atoms with Gasteiger partial charge in [-0.2, -0.15) is 0 Å². The normalized spacial score (nSPS) is 20.9. The van der Waals surface area contributed by atoms with Gasteiger partial charge in [0.05, 0.1) is 6.04 Å². The third kappa shape index (κ3) is 4.77. The maximum Gasteiger partial charge on any atom is 0.237 e. The summed E-state index contributed by atoms with van der Waals surface area (Å²) in [4.78, 5) is 14.5. The molecule has 0 bridgehead atoms. The smallest absolute Gasteiger partial charge is 0.237 e. The third-order valence-electron chi connectivity index (χ3n) is 4.47. The maximum atomic E-state index is 12.0. The van der Waals surface area contributed by atoms with Gasteiger partial charge in [0.1, 0.15) is 0 Å². The average Bonchev–Trinajstić information content (AvgIpc) is 2.44. The summed E-state index contributed by atoms with van der Waals surface area (Å²) in [7, 11) is 0. The molecule has 1 saturated heterocycles. The Morgan fingerprint density at radius 2 is 1.89 bits per heavy atom. The monoisotopic (exact) mass is 269 g/mol. The SMILES string of the molecule is CCC(C)C(N)C(=O)NCC(C)(C)N1CCCCC1. The van der Waals surface area contributed by atoms with Crippen molar-refractivity contribution < 1.29 is 4.79 Å². The van der Waals surface area contributed by atoms with Crippen molar-refractivity contribution in [3.05, 3.63) is 0 Å². The molecule has 1 rings (SSSR count). The molecule has 2 unspecified atom stereocenters. The lowest BCUT2D eigenvalue weighted by Crippen LogP contribution is -2.55. The lowest BCUT2D eigenvalue weighted by Gasteiger charge is -2.41. The van der Waals surface area contributed by atoms with Crippen molar-refractivity contribution >= 4 is 5.91 Å². The second kappa shape index (κ2) is 7.25. The van der Waals surface area contributed by atoms with E-state index < -0.39 is 0 Å². The molecule has 3 N–H and O–H groups in total. The van der Waals surface area contributed by atoms with E-state index in [2.05, 4.69) is 31.0 Å². The zero-order chi connectivity index (χ0) is 14.5. The molecule has 0 radical (unpaired) electrons. The molecule has 1 aliphatic rings. The molecule has 0 aromatic heterocycles. The molecule has 0 aromatic rings. The molecular weight excluding hydrogens is 238 g/mol. The highest BCUT2D eigenvalue weighted by molar-refractivity contribution is 5.81. The van der Waals surface area contributed by atoms with E-state index in [1.807, 2.05) is 6.92 Å². The molecule has 4 heteroatoms. The highest BCUT2D eigenvalue weighted by atomic mass is 16.2. The Bertz CT molecular complexity index is 285. The number of nitrogens with one attached hydrogen (secondary N) is 1. The Morgan fingerprint density at radius 3 is 2.42 bits per heavy atom. The standard InChI is InChI=1S/C15H31N3O/c1-5-12(2)13(16)14(19)17-11-15(3,4)18-9-7-6-8-10-18/h12-13H,5-11,16H2,1-4H3,(H,17,19). The molecule has 1 aliphatic heterocycles. The minimum atomic E-state index is -0.387. The van der Waals surface area contributed by atoms with E-state index in [4.69, 9.17) is 5.73 Å². The first-order valence-electron chi connectivity index (χ1n) is 7.67. The molecule has 0 aliphatic carbocycles. The van der Waals surface area contributed by atoms with Gasteiger partial charge in [-0.25, -0.2) is 0 Å². The van der Waals surface area contributed by atoms with Gasteiger partial charge in [0.25, 0.3) is 0 Å². The van der Waals surface area contributed by atoms with E-state index in [1.165, 1.54) is 19.3 Å². The molecule has 0 spiro atoms. The zero-order valence-electron chi connectivity index (χ0n) is 13.0. The average molecular weight is 269 g/mol. The number of likely N-dealkylation sites (tertiary alicyclic amines) is 1. The number of amides is 1. The van der Waals surface area contributed by atoms with Crippen LogP contribution in [0.25, 0.3) is 0 Å². The minimum absolute atomic E-state index is 0.0144. The number of rotatable bonds is 6. The summed E-state index contributed by atoms with van der Waals surface area (Å²) in [6.07, 6.45) is 4.80. The highest BCUT2D eigenvalue weighted by Gasteiger charge is 2.29. The molecule has 1 heterocycles. The van der Waals surface area contributed by atoms with Crippen molar-refractivity contribution in [3.8, 4) is 0 Å². The fraction of sp³-hybridized carbons (Fsp3) is 0.933. The molecule has 1 amide bonds. The zero-order valence-corrected chi connectivity index (χ0v) is 13.0. The van der Waals surface area contributed by atoms with Crippen molar-refractivity contribution in [2.75, 3.05) is 19.6 Å². The topological polar surface area (TPSA) is 58.4 Å². The minimum Gasteiger partial charge on any atom is -0.353 e. The Hall–Kier alpha value is -0.610. The van der Waals surface area contributed by atoms with Crippen LogP contribution in [-0.4, -0.2) is 42.0 Å². The quantitative estimate of drug-likeness (QED) is 0.772. The van der Waals surface area contributed by atoms with Gasteiger partial charge in [-0.05, 0) is 45.7 Å². The molecule has 4 nitrogen and oxygen atoms in total. The van der Waals surface area contributed by atoms with Gasteiger partial charge in [0.15, 0.2) is 0 Å². The Balaban J connectivity index is 2.43. The molecular formula is C15H31N3O. The van der Waals surface area contributed by atoms with Crippen LogP contribution in [0.3, 0.4) is 0 Å². The van der Waals surface area contributed by atoms with Crippen molar-refractivity contribution in [3.63, 3.8) is 0 Å². The van der Waals surface area contributed by atoms with Crippen LogP contribution in [0.2, 0.25) is 0 Å². The summed E-state index contributed by atoms with van der Waals surface area (Å²) in [5, 5.41) is 3.03. The van der Waals surface area contributed by atoms with Crippen molar-refractivity contribution in [1.29, 1.82) is 0 Å². The first-order valence-corrected chi connectivity index (χ1v) is 7.67. The van der Waals surface area contributed by atoms with E-state index in [0.29, 0.717) is 6.54 Å². The fourth-order valence-corrected chi connectivity index (χ4v) is 2.54. The van der Waals surface area contributed by atoms with Crippen LogP contribution in [0.4, 0.5) is 0 Å². The molecule has 2 atom stereocenters. The largest absolute Gasteiger partial charge is 0.353 e. The molecule has 19 heavy (non-hydrogen) atoms. The van der Waals surface area contributed by atoms with Gasteiger partial charge in [-0.1, -0.05) is 26.7 Å². The lowest BCUT2D eigenvalue weighted by atomic mass is 9.97. The number of hydrogen-bond acceptors (Lipinski definition) is 3. The summed E-state index contributed by atoms with van der Waals surface area (Å²) >= 11 is 0. The van der Waals surface area contributed by atoms with Crippen molar-refractivity contribution in [2.45, 2.75) is 65.0 Å². The second-order valence-electron chi connectivity index (χ2n) is 6.49. The van der Waals surface area contributed by atoms with Crippen LogP contribution in [0, 0.1) is 5.92 Å². The molecule has 1 fully saturated rings. The lowest BCUT2D eigenvalue weighted by molar-refractivity contribution is -0.124. The number of carbonyl (C=O) groups is 1. The molecule has 0 saturated carbocycles. The van der Waals surface area contributed by atoms with E-state index in [1.54, 1.807) is 0 Å². The number of hydrogen-bond donors (Lipinski definition) is 2. The maximum absolute atomic E-state index is 12.0. The van der Waals surface area contributed by atoms with Gasteiger partial charge in [-0.3, -0.25) is 9.69 Å². The number of carbonyl (C=O) groups excluding carboxylic acids is 1. The van der Waals surface area contributed by atoms with Gasteiger partial charge in [0, 0.05) is 12.1 Å². The predicted octanol–water partition coefficient (Wildman–Crippen LogP) is 1.74.